The number of amides is 1. The molecule has 0 saturated carbocycles. The molecule has 0 atom stereocenters. The molecule has 7 nitrogen and oxygen atoms in total. The van der Waals surface area contributed by atoms with Gasteiger partial charge in [0, 0.05) is 10.9 Å². The monoisotopic (exact) mass is 387 g/mol. The van der Waals surface area contributed by atoms with Gasteiger partial charge in [-0.3, -0.25) is 9.73 Å². The Hall–Kier alpha value is -4.13. The van der Waals surface area contributed by atoms with Crippen molar-refractivity contribution in [3.05, 3.63) is 101 Å². The minimum atomic E-state index is -1.34. The molecule has 0 aliphatic carbocycles. The van der Waals surface area contributed by atoms with Gasteiger partial charge in [-0.1, -0.05) is 78.9 Å². The van der Waals surface area contributed by atoms with Crippen LogP contribution in [0.3, 0.4) is 0 Å². The number of hydroxylamine groups is 2. The molecule has 0 saturated heterocycles. The number of hydrogen-bond acceptors (Lipinski definition) is 4. The number of benzene rings is 3. The van der Waals surface area contributed by atoms with E-state index in [4.69, 9.17) is 4.94 Å². The molecule has 0 unspecified atom stereocenters. The fourth-order valence-electron chi connectivity index (χ4n) is 3.01. The van der Waals surface area contributed by atoms with Gasteiger partial charge in [0.05, 0.1) is 11.9 Å². The van der Waals surface area contributed by atoms with Crippen molar-refractivity contribution in [3.8, 4) is 11.3 Å². The van der Waals surface area contributed by atoms with Gasteiger partial charge >= 0.3 is 11.7 Å². The van der Waals surface area contributed by atoms with Gasteiger partial charge in [-0.15, -0.1) is 10.2 Å². The normalized spacial score (nSPS) is 10.6. The van der Waals surface area contributed by atoms with E-state index in [1.807, 2.05) is 42.5 Å². The molecule has 0 bridgehead atoms. The van der Waals surface area contributed by atoms with Crippen molar-refractivity contribution in [1.82, 2.24) is 15.0 Å². The first-order valence-corrected chi connectivity index (χ1v) is 8.94. The Kier molecular flexibility index (Phi) is 4.94. The van der Waals surface area contributed by atoms with Crippen LogP contribution in [0.15, 0.2) is 89.7 Å². The highest BCUT2D eigenvalue weighted by atomic mass is 16.8. The molecule has 0 fully saturated rings. The van der Waals surface area contributed by atoms with Crippen molar-refractivity contribution < 1.29 is 14.8 Å². The molecule has 29 heavy (non-hydrogen) atoms. The third-order valence-electron chi connectivity index (χ3n) is 4.38. The number of nitrogens with zero attached hydrogens (tertiary/aromatic N) is 3. The van der Waals surface area contributed by atoms with Crippen LogP contribution in [-0.4, -0.2) is 26.2 Å². The minimum Gasteiger partial charge on any atom is -0.463 e. The third kappa shape index (κ3) is 3.79. The Morgan fingerprint density at radius 1 is 0.897 bits per heavy atom. The van der Waals surface area contributed by atoms with E-state index in [0.29, 0.717) is 27.1 Å². The Morgan fingerprint density at radius 2 is 1.48 bits per heavy atom. The molecule has 3 aromatic carbocycles. The maximum absolute atomic E-state index is 12.9. The smallest absolute Gasteiger partial charge is 0.443 e. The average Bonchev–Trinajstić information content (AvgIpc) is 2.76. The summed E-state index contributed by atoms with van der Waals surface area (Å²) in [6.07, 6.45) is -1.34. The van der Waals surface area contributed by atoms with Crippen molar-refractivity contribution in [1.29, 1.82) is 0 Å². The van der Waals surface area contributed by atoms with E-state index in [0.717, 1.165) is 10.4 Å². The quantitative estimate of drug-likeness (QED) is 0.529. The zero-order valence-corrected chi connectivity index (χ0v) is 15.3. The van der Waals surface area contributed by atoms with Crippen molar-refractivity contribution in [2.75, 3.05) is 0 Å². The second kappa shape index (κ2) is 7.85. The number of rotatable bonds is 5. The number of aromatic nitrogens is 2. The zero-order valence-electron chi connectivity index (χ0n) is 15.3. The van der Waals surface area contributed by atoms with Crippen LogP contribution >= 0.6 is 0 Å². The van der Waals surface area contributed by atoms with Crippen LogP contribution in [0.4, 0.5) is 4.79 Å². The summed E-state index contributed by atoms with van der Waals surface area (Å²) in [4.78, 5) is 30.7. The fourth-order valence-corrected chi connectivity index (χ4v) is 3.01. The van der Waals surface area contributed by atoms with E-state index in [-0.39, 0.29) is 6.54 Å². The summed E-state index contributed by atoms with van der Waals surface area (Å²) in [6, 6.07) is 25.3. The summed E-state index contributed by atoms with van der Waals surface area (Å²) < 4.78 is 0. The largest absolute Gasteiger partial charge is 0.463 e. The van der Waals surface area contributed by atoms with E-state index >= 15 is 0 Å². The number of hydrogen-bond donors (Lipinski definition) is 1. The van der Waals surface area contributed by atoms with Crippen LogP contribution in [0.2, 0.25) is 0 Å². The minimum absolute atomic E-state index is 0.0577. The molecule has 7 heteroatoms. The summed E-state index contributed by atoms with van der Waals surface area (Å²) in [7, 11) is 0. The molecule has 0 spiro atoms. The first-order chi connectivity index (χ1) is 14.1. The van der Waals surface area contributed by atoms with Crippen molar-refractivity contribution in [3.63, 3.8) is 0 Å². The summed E-state index contributed by atoms with van der Waals surface area (Å²) in [5.74, 6) is 0. The highest BCUT2D eigenvalue weighted by molar-refractivity contribution is 5.93. The first-order valence-electron chi connectivity index (χ1n) is 8.94. The molecule has 1 N–H and O–H groups in total. The number of carboxylic acid groups (broad SMARTS) is 1. The Balaban J connectivity index is 1.80. The van der Waals surface area contributed by atoms with Gasteiger partial charge in [-0.2, -0.15) is 0 Å². The fraction of sp³-hybridized carbons (Fsp3) is 0.0455. The van der Waals surface area contributed by atoms with Gasteiger partial charge in [0.25, 0.3) is 0 Å². The van der Waals surface area contributed by atoms with Crippen LogP contribution in [0.1, 0.15) is 5.56 Å². The Labute approximate surface area is 165 Å². The number of carbonyl (C=O) groups is 1. The maximum atomic E-state index is 12.9. The van der Waals surface area contributed by atoms with Crippen molar-refractivity contribution in [2.24, 2.45) is 0 Å². The standard InChI is InChI=1S/C22H17N3O4/c26-21-19-14-8-7-13-18(19)20(17-11-5-2-6-12-17)23-25(21)29-24(22(27)28)15-16-9-3-1-4-10-16/h1-14H,15H2,(H,27,28). The second-order valence-corrected chi connectivity index (χ2v) is 6.32. The van der Waals surface area contributed by atoms with Crippen LogP contribution in [0.5, 0.6) is 0 Å². The van der Waals surface area contributed by atoms with E-state index in [1.54, 1.807) is 42.5 Å². The lowest BCUT2D eigenvalue weighted by Crippen LogP contribution is -2.43. The van der Waals surface area contributed by atoms with E-state index in [1.165, 1.54) is 0 Å². The van der Waals surface area contributed by atoms with Crippen LogP contribution in [0.25, 0.3) is 22.0 Å². The molecule has 1 heterocycles. The molecule has 4 rings (SSSR count). The third-order valence-corrected chi connectivity index (χ3v) is 4.38. The molecule has 0 aliphatic rings. The predicted molar refractivity (Wildman–Crippen MR) is 108 cm³/mol. The molecule has 4 aromatic rings. The Bertz CT molecular complexity index is 1210. The summed E-state index contributed by atoms with van der Waals surface area (Å²) >= 11 is 0. The van der Waals surface area contributed by atoms with E-state index in [2.05, 4.69) is 5.10 Å². The van der Waals surface area contributed by atoms with Crippen LogP contribution in [0, 0.1) is 0 Å². The molecule has 0 aliphatic heterocycles. The van der Waals surface area contributed by atoms with Gasteiger partial charge in [0.15, 0.2) is 0 Å². The highest BCUT2D eigenvalue weighted by Crippen LogP contribution is 2.24. The molecule has 144 valence electrons. The van der Waals surface area contributed by atoms with Crippen LogP contribution in [-0.2, 0) is 6.54 Å². The van der Waals surface area contributed by atoms with Gasteiger partial charge < -0.3 is 5.11 Å². The van der Waals surface area contributed by atoms with Gasteiger partial charge in [0.2, 0.25) is 0 Å². The molecule has 1 amide bonds. The first kappa shape index (κ1) is 18.2. The van der Waals surface area contributed by atoms with Crippen molar-refractivity contribution in [2.45, 2.75) is 6.54 Å². The van der Waals surface area contributed by atoms with Gasteiger partial charge in [-0.25, -0.2) is 4.79 Å². The summed E-state index contributed by atoms with van der Waals surface area (Å²) in [6.45, 7) is -0.0577. The highest BCUT2D eigenvalue weighted by Gasteiger charge is 2.19. The molecule has 1 aromatic heterocycles. The van der Waals surface area contributed by atoms with Gasteiger partial charge in [0.1, 0.15) is 5.69 Å². The summed E-state index contributed by atoms with van der Waals surface area (Å²) in [5.41, 5.74) is 1.48. The Morgan fingerprint density at radius 3 is 2.14 bits per heavy atom. The SMILES string of the molecule is O=C(O)N(Cc1ccccc1)On1nc(-c2ccccc2)c2ccccc2c1=O. The summed E-state index contributed by atoms with van der Waals surface area (Å²) in [5, 5.41) is 15.6. The van der Waals surface area contributed by atoms with Crippen LogP contribution < -0.4 is 10.5 Å². The average molecular weight is 387 g/mol. The van der Waals surface area contributed by atoms with Crippen molar-refractivity contribution >= 4 is 16.9 Å². The van der Waals surface area contributed by atoms with E-state index < -0.39 is 11.7 Å². The zero-order chi connectivity index (χ0) is 20.2. The number of fused-ring (bicyclic) bond motifs is 1. The topological polar surface area (TPSA) is 84.7 Å². The van der Waals surface area contributed by atoms with E-state index in [9.17, 15) is 14.7 Å². The second-order valence-electron chi connectivity index (χ2n) is 6.32. The lowest BCUT2D eigenvalue weighted by atomic mass is 10.1. The van der Waals surface area contributed by atoms with Gasteiger partial charge in [-0.05, 0) is 16.5 Å². The lowest BCUT2D eigenvalue weighted by molar-refractivity contribution is -0.157. The molecule has 0 radical (unpaired) electrons. The lowest BCUT2D eigenvalue weighted by Gasteiger charge is -2.19. The predicted octanol–water partition coefficient (Wildman–Crippen LogP) is 3.59. The molecular formula is C22H17N3O4. The maximum Gasteiger partial charge on any atom is 0.443 e. The molecular weight excluding hydrogens is 370 g/mol.